The summed E-state index contributed by atoms with van der Waals surface area (Å²) in [5.41, 5.74) is 6.71. The highest BCUT2D eigenvalue weighted by Gasteiger charge is 2.14. The Morgan fingerprint density at radius 3 is 2.63 bits per heavy atom. The smallest absolute Gasteiger partial charge is 0.259 e. The molecule has 5 nitrogen and oxygen atoms in total. The van der Waals surface area contributed by atoms with Crippen molar-refractivity contribution in [3.05, 3.63) is 46.4 Å². The number of aromatic hydroxyl groups is 2. The molecule has 19 heavy (non-hydrogen) atoms. The maximum atomic E-state index is 12.0. The van der Waals surface area contributed by atoms with Crippen molar-refractivity contribution >= 4 is 33.2 Å². The average molecular weight is 323 g/mol. The summed E-state index contributed by atoms with van der Waals surface area (Å²) in [6.45, 7) is 0. The first-order valence-electron chi connectivity index (χ1n) is 5.36. The van der Waals surface area contributed by atoms with Crippen LogP contribution in [0.5, 0.6) is 11.5 Å². The molecule has 0 spiro atoms. The van der Waals surface area contributed by atoms with Crippen LogP contribution in [0.25, 0.3) is 0 Å². The molecule has 2 aromatic carbocycles. The molecule has 1 amide bonds. The standard InChI is InChI=1S/C13H11BrN2O3/c14-9-6-7(4-5-10(9)15)16-13(19)8-2-1-3-11(17)12(8)18/h1-6,17-18H,15H2,(H,16,19). The molecule has 0 saturated carbocycles. The molecule has 2 aromatic rings. The molecule has 0 radical (unpaired) electrons. The molecule has 2 rings (SSSR count). The summed E-state index contributed by atoms with van der Waals surface area (Å²) in [6.07, 6.45) is 0. The molecule has 0 aliphatic carbocycles. The third-order valence-corrected chi connectivity index (χ3v) is 3.20. The number of phenols is 2. The van der Waals surface area contributed by atoms with E-state index in [2.05, 4.69) is 21.2 Å². The first-order valence-corrected chi connectivity index (χ1v) is 6.15. The van der Waals surface area contributed by atoms with Crippen LogP contribution in [-0.2, 0) is 0 Å². The predicted octanol–water partition coefficient (Wildman–Crippen LogP) is 2.69. The van der Waals surface area contributed by atoms with Gasteiger partial charge in [-0.25, -0.2) is 0 Å². The van der Waals surface area contributed by atoms with Gasteiger partial charge in [0.1, 0.15) is 0 Å². The number of phenolic OH excluding ortho intramolecular Hbond substituents is 2. The number of hydrogen-bond donors (Lipinski definition) is 4. The summed E-state index contributed by atoms with van der Waals surface area (Å²) in [7, 11) is 0. The third-order valence-electron chi connectivity index (χ3n) is 2.52. The molecule has 0 fully saturated rings. The number of carbonyl (C=O) groups is 1. The summed E-state index contributed by atoms with van der Waals surface area (Å²) < 4.78 is 0.658. The van der Waals surface area contributed by atoms with Crippen molar-refractivity contribution in [1.82, 2.24) is 0 Å². The number of hydrogen-bond acceptors (Lipinski definition) is 4. The lowest BCUT2D eigenvalue weighted by Gasteiger charge is -2.08. The van der Waals surface area contributed by atoms with Gasteiger partial charge < -0.3 is 21.3 Å². The second-order valence-corrected chi connectivity index (χ2v) is 4.72. The first-order chi connectivity index (χ1) is 8.99. The number of amides is 1. The van der Waals surface area contributed by atoms with Gasteiger partial charge in [0.15, 0.2) is 11.5 Å². The molecular formula is C13H11BrN2O3. The molecule has 6 heteroatoms. The molecule has 0 aliphatic rings. The Balaban J connectivity index is 2.26. The number of nitrogens with two attached hydrogens (primary N) is 1. The molecular weight excluding hydrogens is 312 g/mol. The Bertz CT molecular complexity index is 644. The maximum Gasteiger partial charge on any atom is 0.259 e. The largest absolute Gasteiger partial charge is 0.504 e. The molecule has 98 valence electrons. The van der Waals surface area contributed by atoms with Gasteiger partial charge >= 0.3 is 0 Å². The quantitative estimate of drug-likeness (QED) is 0.505. The van der Waals surface area contributed by atoms with Crippen LogP contribution in [0, 0.1) is 0 Å². The van der Waals surface area contributed by atoms with Gasteiger partial charge in [0.2, 0.25) is 0 Å². The van der Waals surface area contributed by atoms with Crippen LogP contribution in [0.4, 0.5) is 11.4 Å². The summed E-state index contributed by atoms with van der Waals surface area (Å²) in [6, 6.07) is 9.11. The van der Waals surface area contributed by atoms with E-state index in [0.717, 1.165) is 0 Å². The molecule has 0 saturated heterocycles. The van der Waals surface area contributed by atoms with E-state index in [1.807, 2.05) is 0 Å². The van der Waals surface area contributed by atoms with Gasteiger partial charge in [0.05, 0.1) is 5.56 Å². The van der Waals surface area contributed by atoms with Crippen molar-refractivity contribution in [2.45, 2.75) is 0 Å². The van der Waals surface area contributed by atoms with E-state index in [0.29, 0.717) is 15.8 Å². The van der Waals surface area contributed by atoms with Crippen LogP contribution >= 0.6 is 15.9 Å². The van der Waals surface area contributed by atoms with Gasteiger partial charge in [0, 0.05) is 15.8 Å². The lowest BCUT2D eigenvalue weighted by atomic mass is 10.1. The molecule has 0 unspecified atom stereocenters. The number of nitrogen functional groups attached to an aromatic ring is 1. The van der Waals surface area contributed by atoms with Crippen LogP contribution < -0.4 is 11.1 Å². The van der Waals surface area contributed by atoms with Gasteiger partial charge in [0.25, 0.3) is 5.91 Å². The third kappa shape index (κ3) is 2.79. The van der Waals surface area contributed by atoms with Crippen LogP contribution in [0.3, 0.4) is 0 Å². The van der Waals surface area contributed by atoms with E-state index >= 15 is 0 Å². The molecule has 0 aliphatic heterocycles. The van der Waals surface area contributed by atoms with Gasteiger partial charge in [-0.1, -0.05) is 6.07 Å². The fourth-order valence-electron chi connectivity index (χ4n) is 1.52. The minimum Gasteiger partial charge on any atom is -0.504 e. The molecule has 0 heterocycles. The van der Waals surface area contributed by atoms with E-state index in [1.54, 1.807) is 18.2 Å². The zero-order chi connectivity index (χ0) is 14.0. The fourth-order valence-corrected chi connectivity index (χ4v) is 1.90. The summed E-state index contributed by atoms with van der Waals surface area (Å²) in [5, 5.41) is 21.5. The molecule has 5 N–H and O–H groups in total. The normalized spacial score (nSPS) is 10.2. The zero-order valence-corrected chi connectivity index (χ0v) is 11.3. The Kier molecular flexibility index (Phi) is 3.62. The van der Waals surface area contributed by atoms with Crippen molar-refractivity contribution < 1.29 is 15.0 Å². The topological polar surface area (TPSA) is 95.6 Å². The van der Waals surface area contributed by atoms with Crippen LogP contribution in [-0.4, -0.2) is 16.1 Å². The summed E-state index contributed by atoms with van der Waals surface area (Å²) in [5.74, 6) is -1.31. The van der Waals surface area contributed by atoms with Crippen molar-refractivity contribution in [2.75, 3.05) is 11.1 Å². The zero-order valence-electron chi connectivity index (χ0n) is 9.72. The minimum absolute atomic E-state index is 0.00653. The van der Waals surface area contributed by atoms with Crippen LogP contribution in [0.1, 0.15) is 10.4 Å². The van der Waals surface area contributed by atoms with Crippen molar-refractivity contribution in [1.29, 1.82) is 0 Å². The lowest BCUT2D eigenvalue weighted by molar-refractivity contribution is 0.102. The lowest BCUT2D eigenvalue weighted by Crippen LogP contribution is -2.12. The van der Waals surface area contributed by atoms with Crippen molar-refractivity contribution in [2.24, 2.45) is 0 Å². The number of benzene rings is 2. The second kappa shape index (κ2) is 5.19. The van der Waals surface area contributed by atoms with E-state index in [4.69, 9.17) is 5.73 Å². The highest BCUT2D eigenvalue weighted by molar-refractivity contribution is 9.10. The van der Waals surface area contributed by atoms with E-state index in [1.165, 1.54) is 18.2 Å². The number of para-hydroxylation sites is 1. The van der Waals surface area contributed by atoms with E-state index < -0.39 is 11.7 Å². The van der Waals surface area contributed by atoms with Gasteiger partial charge in [-0.15, -0.1) is 0 Å². The Morgan fingerprint density at radius 1 is 1.21 bits per heavy atom. The average Bonchev–Trinajstić information content (AvgIpc) is 2.37. The Hall–Kier alpha value is -2.21. The highest BCUT2D eigenvalue weighted by Crippen LogP contribution is 2.29. The number of rotatable bonds is 2. The first kappa shape index (κ1) is 13.2. The molecule has 0 atom stereocenters. The maximum absolute atomic E-state index is 12.0. The second-order valence-electron chi connectivity index (χ2n) is 3.86. The predicted molar refractivity (Wildman–Crippen MR) is 76.3 cm³/mol. The van der Waals surface area contributed by atoms with Crippen molar-refractivity contribution in [3.63, 3.8) is 0 Å². The van der Waals surface area contributed by atoms with Crippen LogP contribution in [0.15, 0.2) is 40.9 Å². The molecule has 0 bridgehead atoms. The van der Waals surface area contributed by atoms with Gasteiger partial charge in [-0.3, -0.25) is 4.79 Å². The van der Waals surface area contributed by atoms with Crippen molar-refractivity contribution in [3.8, 4) is 11.5 Å². The minimum atomic E-state index is -0.523. The number of nitrogens with one attached hydrogen (secondary N) is 1. The van der Waals surface area contributed by atoms with Crippen LogP contribution in [0.2, 0.25) is 0 Å². The number of anilines is 2. The fraction of sp³-hybridized carbons (Fsp3) is 0. The van der Waals surface area contributed by atoms with E-state index in [-0.39, 0.29) is 11.3 Å². The summed E-state index contributed by atoms with van der Waals surface area (Å²) >= 11 is 3.25. The number of halogens is 1. The Labute approximate surface area is 117 Å². The highest BCUT2D eigenvalue weighted by atomic mass is 79.9. The van der Waals surface area contributed by atoms with E-state index in [9.17, 15) is 15.0 Å². The number of carbonyl (C=O) groups excluding carboxylic acids is 1. The van der Waals surface area contributed by atoms with Gasteiger partial charge in [-0.05, 0) is 46.3 Å². The summed E-state index contributed by atoms with van der Waals surface area (Å²) in [4.78, 5) is 12.0. The monoisotopic (exact) mass is 322 g/mol. The Morgan fingerprint density at radius 2 is 1.95 bits per heavy atom. The molecule has 0 aromatic heterocycles. The SMILES string of the molecule is Nc1ccc(NC(=O)c2cccc(O)c2O)cc1Br. The van der Waals surface area contributed by atoms with Gasteiger partial charge in [-0.2, -0.15) is 0 Å².